The SMILES string of the molecule is Cc1ccc(-n2c3ccccc3c3cc4c(cc32)c2ccccc2n4-c2ccc(-n3c4ccccc4c4ccccc43)cc2)cc1.c1ccc(-c2ccc(-n3c4ccccc4c4cc5c(cc43)c3ccccc3n5-c3cccc(-n4c5ccccc5c5ccccc54)c3)cc2)cc1.c1ccc(-n2c3ccccc3c3cc4c(cc32)c2ccccc2n4-c2cccc(-c3ccc(-n4c5ccccc5c5ccccc54)cc3)c2)cc1. The van der Waals surface area contributed by atoms with Gasteiger partial charge >= 0.3 is 0 Å². The van der Waals surface area contributed by atoms with Gasteiger partial charge in [0.15, 0.2) is 0 Å². The molecule has 32 rings (SSSR count). The third-order valence-corrected chi connectivity index (χ3v) is 31.0. The Bertz CT molecular complexity index is 10800. The lowest BCUT2D eigenvalue weighted by Crippen LogP contribution is -1.98. The van der Waals surface area contributed by atoms with Gasteiger partial charge in [-0.05, 0) is 242 Å². The molecule has 0 radical (unpaired) electrons. The van der Waals surface area contributed by atoms with Crippen LogP contribution in [0.3, 0.4) is 0 Å². The first-order valence-corrected chi connectivity index (χ1v) is 50.9. The molecule has 0 saturated heterocycles. The maximum Gasteiger partial charge on any atom is 0.0548 e. The summed E-state index contributed by atoms with van der Waals surface area (Å²) in [4.78, 5) is 0. The summed E-state index contributed by atoms with van der Waals surface area (Å²) in [5.74, 6) is 0. The van der Waals surface area contributed by atoms with Gasteiger partial charge in [0.2, 0.25) is 0 Å². The fourth-order valence-corrected chi connectivity index (χ4v) is 24.4. The molecule has 0 aliphatic heterocycles. The van der Waals surface area contributed by atoms with Crippen LogP contribution >= 0.6 is 0 Å². The van der Waals surface area contributed by atoms with Gasteiger partial charge in [-0.15, -0.1) is 0 Å². The lowest BCUT2D eigenvalue weighted by molar-refractivity contribution is 1.13. The topological polar surface area (TPSA) is 44.4 Å². The molecule has 0 spiro atoms. The van der Waals surface area contributed by atoms with Gasteiger partial charge in [0.1, 0.15) is 0 Å². The van der Waals surface area contributed by atoms with Crippen molar-refractivity contribution in [2.75, 3.05) is 0 Å². The largest absolute Gasteiger partial charge is 0.309 e. The van der Waals surface area contributed by atoms with Crippen LogP contribution in [-0.2, 0) is 0 Å². The van der Waals surface area contributed by atoms with Crippen molar-refractivity contribution >= 4 is 196 Å². The van der Waals surface area contributed by atoms with Gasteiger partial charge in [-0.3, -0.25) is 0 Å². The average Bonchev–Trinajstić information content (AvgIpc) is 1.57. The predicted molar refractivity (Wildman–Crippen MR) is 624 cm³/mol. The fourth-order valence-electron chi connectivity index (χ4n) is 24.4. The summed E-state index contributed by atoms with van der Waals surface area (Å²) in [7, 11) is 0. The summed E-state index contributed by atoms with van der Waals surface area (Å²) in [6.45, 7) is 2.14. The monoisotopic (exact) mass is 1890 g/mol. The number of hydrogen-bond acceptors (Lipinski definition) is 0. The molecule has 0 aliphatic carbocycles. The van der Waals surface area contributed by atoms with Crippen LogP contribution in [0, 0.1) is 6.92 Å². The van der Waals surface area contributed by atoms with E-state index in [1.54, 1.807) is 0 Å². The summed E-state index contributed by atoms with van der Waals surface area (Å²) in [5.41, 5.74) is 38.3. The quantitative estimate of drug-likeness (QED) is 0.124. The normalized spacial score (nSPS) is 12.0. The standard InChI is InChI=1S/2C48H31N3.C43H29N3/c1-2-14-34(15-3-1)50-45-23-10-6-19-39(45)41-31-48-42(30-47(41)50)40-20-7-11-24-46(40)51(48)36-16-12-13-33(29-36)32-25-27-35(28-26-32)49-43-21-8-4-17-37(43)38-18-5-9-22-44(38)49;1-2-13-32(14-3-1)33-25-27-34(28-26-33)49-45-23-10-6-19-39(45)41-31-48-42(30-47(41)49)40-20-7-11-24-46(40)51(48)36-16-12-15-35(29-36)50-43-21-8-4-17-37(43)38-18-5-9-22-44(38)50;1-28-18-20-29(21-19-28)45-40-16-8-4-12-34(40)36-27-43-37(26-42(36)45)35-13-5-9-17-41(35)46(43)31-24-22-30(23-25-31)44-38-14-6-2-10-32(38)33-11-3-7-15-39(33)44/h2*1-31H;2-27H,1H3. The highest BCUT2D eigenvalue weighted by atomic mass is 15.1. The molecule has 9 nitrogen and oxygen atoms in total. The van der Waals surface area contributed by atoms with Crippen molar-refractivity contribution in [3.05, 3.63) is 539 Å². The van der Waals surface area contributed by atoms with E-state index in [1.165, 1.54) is 235 Å². The van der Waals surface area contributed by atoms with Crippen LogP contribution in [0.4, 0.5) is 0 Å². The van der Waals surface area contributed by atoms with E-state index < -0.39 is 0 Å². The number of benzene rings is 23. The summed E-state index contributed by atoms with van der Waals surface area (Å²) in [5, 5.41) is 22.7. The molecule has 692 valence electrons. The Kier molecular flexibility index (Phi) is 19.1. The highest BCUT2D eigenvalue weighted by Gasteiger charge is 2.26. The zero-order valence-electron chi connectivity index (χ0n) is 80.8. The van der Waals surface area contributed by atoms with Crippen molar-refractivity contribution in [3.63, 3.8) is 0 Å². The molecule has 0 atom stereocenters. The van der Waals surface area contributed by atoms with Crippen molar-refractivity contribution in [2.24, 2.45) is 0 Å². The van der Waals surface area contributed by atoms with Crippen LogP contribution in [0.5, 0.6) is 0 Å². The lowest BCUT2D eigenvalue weighted by Gasteiger charge is -2.13. The summed E-state index contributed by atoms with van der Waals surface area (Å²) in [6.07, 6.45) is 0. The molecule has 9 aromatic heterocycles. The van der Waals surface area contributed by atoms with Crippen molar-refractivity contribution in [1.82, 2.24) is 41.1 Å². The zero-order chi connectivity index (χ0) is 97.3. The first kappa shape index (κ1) is 84.0. The second-order valence-corrected chi connectivity index (χ2v) is 39.1. The minimum atomic E-state index is 1.14. The molecule has 32 aromatic rings. The van der Waals surface area contributed by atoms with E-state index in [-0.39, 0.29) is 0 Å². The van der Waals surface area contributed by atoms with Crippen LogP contribution in [0.25, 0.3) is 270 Å². The number of rotatable bonds is 11. The van der Waals surface area contributed by atoms with Crippen LogP contribution in [0.1, 0.15) is 5.56 Å². The van der Waals surface area contributed by atoms with Gasteiger partial charge < -0.3 is 41.1 Å². The molecule has 9 heteroatoms. The van der Waals surface area contributed by atoms with Crippen molar-refractivity contribution in [1.29, 1.82) is 0 Å². The fraction of sp³-hybridized carbons (Fsp3) is 0.00719. The molecular formula is C139H91N9. The van der Waals surface area contributed by atoms with Gasteiger partial charge in [0, 0.05) is 148 Å². The summed E-state index contributed by atoms with van der Waals surface area (Å²) >= 11 is 0. The maximum absolute atomic E-state index is 2.45. The first-order valence-electron chi connectivity index (χ1n) is 50.9. The number of nitrogens with zero attached hydrogens (tertiary/aromatic N) is 9. The first-order chi connectivity index (χ1) is 73.4. The van der Waals surface area contributed by atoms with Crippen LogP contribution in [-0.4, -0.2) is 41.1 Å². The van der Waals surface area contributed by atoms with E-state index in [9.17, 15) is 0 Å². The van der Waals surface area contributed by atoms with E-state index in [1.807, 2.05) is 0 Å². The number of aryl methyl sites for hydroxylation is 1. The Labute approximate surface area is 851 Å². The second-order valence-electron chi connectivity index (χ2n) is 39.1. The molecule has 0 fully saturated rings. The van der Waals surface area contributed by atoms with Crippen LogP contribution < -0.4 is 0 Å². The third-order valence-electron chi connectivity index (χ3n) is 31.0. The lowest BCUT2D eigenvalue weighted by atomic mass is 10.0. The highest BCUT2D eigenvalue weighted by molar-refractivity contribution is 6.24. The number of para-hydroxylation sites is 13. The smallest absolute Gasteiger partial charge is 0.0548 e. The second kappa shape index (κ2) is 33.7. The van der Waals surface area contributed by atoms with Gasteiger partial charge in [-0.2, -0.15) is 0 Å². The molecule has 23 aromatic carbocycles. The van der Waals surface area contributed by atoms with Crippen molar-refractivity contribution < 1.29 is 0 Å². The molecule has 148 heavy (non-hydrogen) atoms. The maximum atomic E-state index is 2.45. The summed E-state index contributed by atoms with van der Waals surface area (Å²) < 4.78 is 21.7. The van der Waals surface area contributed by atoms with E-state index in [0.29, 0.717) is 0 Å². The third kappa shape index (κ3) is 13.1. The van der Waals surface area contributed by atoms with Gasteiger partial charge in [0.05, 0.1) is 99.3 Å². The van der Waals surface area contributed by atoms with Gasteiger partial charge in [-0.25, -0.2) is 0 Å². The Morgan fingerprint density at radius 1 is 0.0946 bits per heavy atom. The van der Waals surface area contributed by atoms with E-state index in [0.717, 1.165) is 39.8 Å². The summed E-state index contributed by atoms with van der Waals surface area (Å²) in [6, 6.07) is 194. The van der Waals surface area contributed by atoms with Crippen molar-refractivity contribution in [3.8, 4) is 73.4 Å². The number of hydrogen-bond donors (Lipinski definition) is 0. The van der Waals surface area contributed by atoms with Crippen LogP contribution in [0.2, 0.25) is 0 Å². The minimum absolute atomic E-state index is 1.14. The molecule has 0 bridgehead atoms. The van der Waals surface area contributed by atoms with Gasteiger partial charge in [0.25, 0.3) is 0 Å². The Morgan fingerprint density at radius 3 is 0.514 bits per heavy atom. The highest BCUT2D eigenvalue weighted by Crippen LogP contribution is 2.48. The Balaban J connectivity index is 0.000000103. The number of fused-ring (bicyclic) bond motifs is 27. The molecule has 0 unspecified atom stereocenters. The Morgan fingerprint density at radius 2 is 0.250 bits per heavy atom. The van der Waals surface area contributed by atoms with E-state index in [2.05, 4.69) is 582 Å². The molecule has 0 amide bonds. The van der Waals surface area contributed by atoms with Gasteiger partial charge in [-0.1, -0.05) is 327 Å². The molecule has 0 N–H and O–H groups in total. The van der Waals surface area contributed by atoms with Crippen molar-refractivity contribution in [2.45, 2.75) is 6.92 Å². The zero-order valence-corrected chi connectivity index (χ0v) is 80.8. The molecule has 9 heterocycles. The minimum Gasteiger partial charge on any atom is -0.309 e. The Hall–Kier alpha value is -19.7. The molecule has 0 aliphatic rings. The molecular weight excluding hydrogens is 1800 g/mol. The average molecular weight is 1890 g/mol. The number of aromatic nitrogens is 9. The van der Waals surface area contributed by atoms with Crippen LogP contribution in [0.15, 0.2) is 534 Å². The predicted octanol–water partition coefficient (Wildman–Crippen LogP) is 36.6. The molecule has 0 saturated carbocycles. The van der Waals surface area contributed by atoms with E-state index in [4.69, 9.17) is 0 Å². The van der Waals surface area contributed by atoms with E-state index >= 15 is 0 Å².